The fraction of sp³-hybridized carbons (Fsp3) is 0.536. The van der Waals surface area contributed by atoms with Crippen LogP contribution < -0.4 is 5.73 Å². The number of halogens is 1. The third-order valence-electron chi connectivity index (χ3n) is 9.07. The molecule has 210 valence electrons. The lowest BCUT2D eigenvalue weighted by molar-refractivity contribution is -0.153. The number of phenols is 1. The summed E-state index contributed by atoms with van der Waals surface area (Å²) in [4.78, 5) is 42.6. The zero-order valence-corrected chi connectivity index (χ0v) is 22.2. The van der Waals surface area contributed by atoms with Crippen LogP contribution in [-0.4, -0.2) is 86.5 Å². The number of likely N-dealkylation sites (N-methyl/N-ethyl adjacent to an activating group) is 1. The Morgan fingerprint density at radius 3 is 2.41 bits per heavy atom. The molecule has 0 spiro atoms. The molecule has 1 saturated carbocycles. The summed E-state index contributed by atoms with van der Waals surface area (Å²) < 4.78 is 16.1. The molecule has 0 radical (unpaired) electrons. The second-order valence-electron chi connectivity index (χ2n) is 11.4. The number of carbonyl (C=O) groups excluding carboxylic acids is 3. The summed E-state index contributed by atoms with van der Waals surface area (Å²) in [5.74, 6) is -8.10. The van der Waals surface area contributed by atoms with Crippen LogP contribution in [0.4, 0.5) is 4.39 Å². The number of aromatic hydroxyl groups is 1. The lowest BCUT2D eigenvalue weighted by Gasteiger charge is -2.50. The number of rotatable bonds is 4. The molecule has 1 amide bonds. The Balaban J connectivity index is 1.66. The molecule has 1 aliphatic heterocycles. The van der Waals surface area contributed by atoms with Gasteiger partial charge in [-0.25, -0.2) is 4.39 Å². The van der Waals surface area contributed by atoms with Crippen molar-refractivity contribution in [1.29, 1.82) is 0 Å². The number of likely N-dealkylation sites (tertiary alicyclic amines) is 1. The first-order valence-corrected chi connectivity index (χ1v) is 13.2. The maximum absolute atomic E-state index is 16.1. The Labute approximate surface area is 225 Å². The molecule has 3 aliphatic carbocycles. The van der Waals surface area contributed by atoms with Gasteiger partial charge in [-0.1, -0.05) is 6.42 Å². The van der Waals surface area contributed by atoms with Crippen LogP contribution in [0.1, 0.15) is 55.3 Å². The van der Waals surface area contributed by atoms with Gasteiger partial charge in [-0.2, -0.15) is 0 Å². The molecular weight excluding hydrogens is 509 g/mol. The molecule has 1 saturated heterocycles. The number of carbonyl (C=O) groups is 3. The van der Waals surface area contributed by atoms with Gasteiger partial charge in [0.15, 0.2) is 11.4 Å². The first kappa shape index (κ1) is 27.3. The summed E-state index contributed by atoms with van der Waals surface area (Å²) >= 11 is 0. The number of aliphatic hydroxyl groups excluding tert-OH is 2. The summed E-state index contributed by atoms with van der Waals surface area (Å²) in [5, 5.41) is 44.7. The molecule has 10 nitrogen and oxygen atoms in total. The van der Waals surface area contributed by atoms with Crippen LogP contribution in [-0.2, 0) is 20.8 Å². The predicted octanol–water partition coefficient (Wildman–Crippen LogP) is 1.65. The van der Waals surface area contributed by atoms with Crippen molar-refractivity contribution >= 4 is 23.2 Å². The molecule has 5 atom stereocenters. The topological polar surface area (TPSA) is 165 Å². The number of amides is 1. The fourth-order valence-corrected chi connectivity index (χ4v) is 7.12. The highest BCUT2D eigenvalue weighted by Gasteiger charge is 2.64. The van der Waals surface area contributed by atoms with E-state index < -0.39 is 69.6 Å². The van der Waals surface area contributed by atoms with Crippen LogP contribution in [0.15, 0.2) is 23.0 Å². The van der Waals surface area contributed by atoms with Gasteiger partial charge in [0.2, 0.25) is 5.78 Å². The van der Waals surface area contributed by atoms with Crippen LogP contribution in [0.2, 0.25) is 0 Å². The van der Waals surface area contributed by atoms with Crippen LogP contribution in [0.3, 0.4) is 0 Å². The third kappa shape index (κ3) is 3.81. The Morgan fingerprint density at radius 1 is 1.18 bits per heavy atom. The van der Waals surface area contributed by atoms with E-state index in [4.69, 9.17) is 5.73 Å². The van der Waals surface area contributed by atoms with E-state index in [0.717, 1.165) is 32.4 Å². The maximum atomic E-state index is 16.1. The Kier molecular flexibility index (Phi) is 6.60. The van der Waals surface area contributed by atoms with Gasteiger partial charge in [-0.15, -0.1) is 0 Å². The third-order valence-corrected chi connectivity index (χ3v) is 9.07. The van der Waals surface area contributed by atoms with Crippen LogP contribution in [0.5, 0.6) is 5.75 Å². The number of primary amides is 1. The lowest BCUT2D eigenvalue weighted by Crippen LogP contribution is -2.65. The largest absolute Gasteiger partial charge is 0.508 e. The minimum atomic E-state index is -2.72. The highest BCUT2D eigenvalue weighted by atomic mass is 19.1. The zero-order valence-electron chi connectivity index (χ0n) is 22.2. The normalized spacial score (nSPS) is 30.3. The molecule has 39 heavy (non-hydrogen) atoms. The van der Waals surface area contributed by atoms with Gasteiger partial charge in [-0.05, 0) is 71.8 Å². The Morgan fingerprint density at radius 2 is 1.82 bits per heavy atom. The minimum absolute atomic E-state index is 0.0551. The first-order valence-electron chi connectivity index (χ1n) is 13.2. The Bertz CT molecular complexity index is 1350. The van der Waals surface area contributed by atoms with Crippen LogP contribution in [0, 0.1) is 17.7 Å². The van der Waals surface area contributed by atoms with E-state index in [1.54, 1.807) is 0 Å². The van der Waals surface area contributed by atoms with E-state index in [1.165, 1.54) is 25.1 Å². The van der Waals surface area contributed by atoms with Crippen LogP contribution >= 0.6 is 0 Å². The zero-order chi connectivity index (χ0) is 28.5. The van der Waals surface area contributed by atoms with E-state index in [2.05, 4.69) is 4.90 Å². The highest BCUT2D eigenvalue weighted by molar-refractivity contribution is 6.24. The number of hydrogen-bond donors (Lipinski definition) is 5. The number of nitrogens with zero attached hydrogens (tertiary/aromatic N) is 2. The van der Waals surface area contributed by atoms with Gasteiger partial charge in [-0.3, -0.25) is 24.2 Å². The van der Waals surface area contributed by atoms with Crippen molar-refractivity contribution in [2.45, 2.75) is 56.7 Å². The monoisotopic (exact) mass is 543 g/mol. The van der Waals surface area contributed by atoms with Crippen molar-refractivity contribution in [3.63, 3.8) is 0 Å². The molecule has 0 aromatic heterocycles. The SMILES string of the molecule is CC(c1cc(O)c2c(c1F)C[C@H]1C[C@H]3[C@H](N(C)C)C(=O)C(C(N)=O)=C(O)[C@@]3(O)C(=O)C1=C2O)N1CCCCC1. The summed E-state index contributed by atoms with van der Waals surface area (Å²) in [5.41, 5.74) is 1.54. The van der Waals surface area contributed by atoms with E-state index in [9.17, 15) is 34.8 Å². The molecule has 0 bridgehead atoms. The number of ketones is 2. The van der Waals surface area contributed by atoms with Gasteiger partial charge < -0.3 is 26.2 Å². The number of Topliss-reactive ketones (excluding diaryl/α,β-unsaturated/α-hetero) is 2. The molecule has 11 heteroatoms. The van der Waals surface area contributed by atoms with Crippen molar-refractivity contribution in [3.8, 4) is 5.75 Å². The minimum Gasteiger partial charge on any atom is -0.508 e. The van der Waals surface area contributed by atoms with Crippen molar-refractivity contribution in [1.82, 2.24) is 9.80 Å². The number of fused-ring (bicyclic) bond motifs is 3. The van der Waals surface area contributed by atoms with Gasteiger partial charge in [0.05, 0.1) is 11.6 Å². The number of phenolic OH excluding ortho intramolecular Hbond substituents is 1. The quantitative estimate of drug-likeness (QED) is 0.355. The summed E-state index contributed by atoms with van der Waals surface area (Å²) in [6.07, 6.45) is 2.93. The molecule has 1 aromatic carbocycles. The number of piperidine rings is 1. The predicted molar refractivity (Wildman–Crippen MR) is 138 cm³/mol. The highest BCUT2D eigenvalue weighted by Crippen LogP contribution is 2.53. The summed E-state index contributed by atoms with van der Waals surface area (Å²) in [6, 6.07) is -0.249. The van der Waals surface area contributed by atoms with Gasteiger partial charge >= 0.3 is 0 Å². The van der Waals surface area contributed by atoms with Crippen molar-refractivity contribution < 1.29 is 39.2 Å². The van der Waals surface area contributed by atoms with Gasteiger partial charge in [0, 0.05) is 28.7 Å². The summed E-state index contributed by atoms with van der Waals surface area (Å²) in [6.45, 7) is 3.47. The van der Waals surface area contributed by atoms with Crippen molar-refractivity contribution in [3.05, 3.63) is 45.5 Å². The van der Waals surface area contributed by atoms with E-state index in [0.29, 0.717) is 0 Å². The Hall–Kier alpha value is -3.28. The molecule has 1 heterocycles. The van der Waals surface area contributed by atoms with E-state index in [-0.39, 0.29) is 41.1 Å². The van der Waals surface area contributed by atoms with E-state index >= 15 is 4.39 Å². The number of hydrogen-bond acceptors (Lipinski definition) is 9. The lowest BCUT2D eigenvalue weighted by atomic mass is 9.57. The second-order valence-corrected chi connectivity index (χ2v) is 11.4. The fourth-order valence-electron chi connectivity index (χ4n) is 7.12. The van der Waals surface area contributed by atoms with Gasteiger partial charge in [0.1, 0.15) is 28.7 Å². The molecular formula is C28H34FN3O7. The maximum Gasteiger partial charge on any atom is 0.255 e. The average Bonchev–Trinajstić information content (AvgIpc) is 2.87. The molecule has 1 aromatic rings. The molecule has 2 fully saturated rings. The second kappa shape index (κ2) is 9.42. The van der Waals surface area contributed by atoms with E-state index in [1.807, 2.05) is 6.92 Å². The number of aliphatic hydroxyl groups is 3. The number of nitrogens with two attached hydrogens (primary N) is 1. The average molecular weight is 544 g/mol. The van der Waals surface area contributed by atoms with Crippen molar-refractivity contribution in [2.24, 2.45) is 17.6 Å². The smallest absolute Gasteiger partial charge is 0.255 e. The molecule has 1 unspecified atom stereocenters. The van der Waals surface area contributed by atoms with Crippen molar-refractivity contribution in [2.75, 3.05) is 27.2 Å². The summed E-state index contributed by atoms with van der Waals surface area (Å²) in [7, 11) is 3.05. The number of benzene rings is 1. The molecule has 6 N–H and O–H groups in total. The van der Waals surface area contributed by atoms with Gasteiger partial charge in [0.25, 0.3) is 5.91 Å². The first-order chi connectivity index (χ1) is 18.3. The van der Waals surface area contributed by atoms with Crippen LogP contribution in [0.25, 0.3) is 5.76 Å². The standard InChI is InChI=1S/C28H34FN3O7/c1-12(32-7-5-4-6-8-32)14-11-17(33)19-15(21(14)29)9-13-10-16-22(31(2)3)24(35)20(27(30)38)26(37)28(16,39)25(36)18(13)23(19)34/h11-13,16,22,33-34,37,39H,4-10H2,1-3H3,(H2,30,38)/t12?,13-,16-,22-,28-/m0/s1. The molecule has 5 rings (SSSR count). The molecule has 4 aliphatic rings.